The van der Waals surface area contributed by atoms with Crippen LogP contribution in [0.25, 0.3) is 0 Å². The predicted molar refractivity (Wildman–Crippen MR) is 154 cm³/mol. The maximum Gasteiger partial charge on any atom is 0.0541 e. The van der Waals surface area contributed by atoms with Gasteiger partial charge in [0, 0.05) is 11.7 Å². The standard InChI is InChI=1S/C28H43NO.2C2H6/c1-20(11-16-27-24(5)22(3)17-18-28(27,6)7)9-8-10-21(2)19-23(4)29-25-12-14-26(30)15-13-25;2*1-2/h8-11,16,19,22,25-26,29-30H,4,12-15,17-18H2,1-3,5-7H3;2*1-2H3/b10-8+,16-11+,20-9+,21-19+;;. The fourth-order valence-corrected chi connectivity index (χ4v) is 4.55. The van der Waals surface area contributed by atoms with Crippen molar-refractivity contribution in [3.63, 3.8) is 0 Å². The third-order valence-corrected chi connectivity index (χ3v) is 6.81. The fraction of sp³-hybridized carbons (Fsp3) is 0.625. The topological polar surface area (TPSA) is 32.3 Å². The summed E-state index contributed by atoms with van der Waals surface area (Å²) in [4.78, 5) is 0. The molecule has 34 heavy (non-hydrogen) atoms. The summed E-state index contributed by atoms with van der Waals surface area (Å²) in [7, 11) is 0. The van der Waals surface area contributed by atoms with Crippen LogP contribution in [0.2, 0.25) is 0 Å². The molecule has 0 radical (unpaired) electrons. The molecular formula is C32H55NO. The highest BCUT2D eigenvalue weighted by Crippen LogP contribution is 2.43. The Morgan fingerprint density at radius 1 is 0.971 bits per heavy atom. The molecule has 0 spiro atoms. The number of hydrogen-bond acceptors (Lipinski definition) is 2. The molecule has 2 aliphatic carbocycles. The van der Waals surface area contributed by atoms with Gasteiger partial charge in [-0.25, -0.2) is 0 Å². The predicted octanol–water partition coefficient (Wildman–Crippen LogP) is 9.22. The number of hydrogen-bond donors (Lipinski definition) is 2. The van der Waals surface area contributed by atoms with E-state index in [0.29, 0.717) is 12.0 Å². The first-order chi connectivity index (χ1) is 16.1. The van der Waals surface area contributed by atoms with Gasteiger partial charge in [0.15, 0.2) is 0 Å². The van der Waals surface area contributed by atoms with Crippen LogP contribution in [-0.4, -0.2) is 17.3 Å². The summed E-state index contributed by atoms with van der Waals surface area (Å²) in [6.07, 6.45) is 19.3. The van der Waals surface area contributed by atoms with Crippen molar-refractivity contribution in [3.05, 3.63) is 71.0 Å². The van der Waals surface area contributed by atoms with Gasteiger partial charge < -0.3 is 10.4 Å². The fourth-order valence-electron chi connectivity index (χ4n) is 4.55. The zero-order chi connectivity index (χ0) is 26.3. The molecule has 1 fully saturated rings. The monoisotopic (exact) mass is 469 g/mol. The molecule has 0 aliphatic heterocycles. The smallest absolute Gasteiger partial charge is 0.0541 e. The second-order valence-electron chi connectivity index (χ2n) is 10.1. The molecule has 194 valence electrons. The van der Waals surface area contributed by atoms with Crippen LogP contribution >= 0.6 is 0 Å². The molecule has 0 bridgehead atoms. The second kappa shape index (κ2) is 16.8. The van der Waals surface area contributed by atoms with E-state index < -0.39 is 0 Å². The lowest BCUT2D eigenvalue weighted by Gasteiger charge is -2.36. The van der Waals surface area contributed by atoms with Crippen molar-refractivity contribution >= 4 is 0 Å². The van der Waals surface area contributed by atoms with E-state index in [4.69, 9.17) is 0 Å². The van der Waals surface area contributed by atoms with Crippen LogP contribution in [0, 0.1) is 11.3 Å². The molecule has 2 aliphatic rings. The molecular weight excluding hydrogens is 414 g/mol. The minimum atomic E-state index is -0.117. The van der Waals surface area contributed by atoms with Gasteiger partial charge in [0.05, 0.1) is 6.10 Å². The number of nitrogens with one attached hydrogen (secondary N) is 1. The first-order valence-electron chi connectivity index (χ1n) is 13.6. The van der Waals surface area contributed by atoms with Crippen molar-refractivity contribution in [3.8, 4) is 0 Å². The summed E-state index contributed by atoms with van der Waals surface area (Å²) in [5.41, 5.74) is 6.71. The van der Waals surface area contributed by atoms with E-state index in [0.717, 1.165) is 31.4 Å². The van der Waals surface area contributed by atoms with E-state index in [9.17, 15) is 5.11 Å². The van der Waals surface area contributed by atoms with Crippen molar-refractivity contribution in [1.29, 1.82) is 0 Å². The zero-order valence-corrected chi connectivity index (χ0v) is 24.1. The third-order valence-electron chi connectivity index (χ3n) is 6.81. The average molecular weight is 470 g/mol. The molecule has 2 nitrogen and oxygen atoms in total. The summed E-state index contributed by atoms with van der Waals surface area (Å²) in [5.74, 6) is 0.690. The molecule has 0 heterocycles. The van der Waals surface area contributed by atoms with Crippen LogP contribution in [0.1, 0.15) is 108 Å². The highest BCUT2D eigenvalue weighted by molar-refractivity contribution is 5.38. The van der Waals surface area contributed by atoms with Crippen LogP contribution in [0.5, 0.6) is 0 Å². The first-order valence-corrected chi connectivity index (χ1v) is 13.6. The van der Waals surface area contributed by atoms with Gasteiger partial charge in [-0.3, -0.25) is 0 Å². The first kappa shape index (κ1) is 32.2. The lowest BCUT2D eigenvalue weighted by Crippen LogP contribution is -2.33. The van der Waals surface area contributed by atoms with Gasteiger partial charge in [-0.1, -0.05) is 96.6 Å². The molecule has 2 heteroatoms. The third kappa shape index (κ3) is 11.6. The summed E-state index contributed by atoms with van der Waals surface area (Å²) in [6.45, 7) is 25.8. The molecule has 0 saturated heterocycles. The molecule has 0 aromatic heterocycles. The van der Waals surface area contributed by atoms with Gasteiger partial charge in [-0.2, -0.15) is 0 Å². The highest BCUT2D eigenvalue weighted by Gasteiger charge is 2.29. The van der Waals surface area contributed by atoms with Gasteiger partial charge >= 0.3 is 0 Å². The molecule has 0 amide bonds. The summed E-state index contributed by atoms with van der Waals surface area (Å²) >= 11 is 0. The zero-order valence-electron chi connectivity index (χ0n) is 24.1. The maximum absolute atomic E-state index is 9.63. The van der Waals surface area contributed by atoms with Crippen LogP contribution in [0.3, 0.4) is 0 Å². The van der Waals surface area contributed by atoms with Crippen molar-refractivity contribution in [2.24, 2.45) is 11.3 Å². The van der Waals surface area contributed by atoms with Crippen LogP contribution < -0.4 is 5.32 Å². The van der Waals surface area contributed by atoms with Gasteiger partial charge in [-0.05, 0) is 87.9 Å². The van der Waals surface area contributed by atoms with E-state index in [1.165, 1.54) is 29.6 Å². The van der Waals surface area contributed by atoms with Gasteiger partial charge in [0.2, 0.25) is 0 Å². The van der Waals surface area contributed by atoms with Crippen molar-refractivity contribution in [2.45, 2.75) is 120 Å². The van der Waals surface area contributed by atoms with E-state index in [-0.39, 0.29) is 11.5 Å². The Balaban J connectivity index is 0.00000258. The molecule has 0 aromatic carbocycles. The molecule has 0 aromatic rings. The molecule has 1 saturated carbocycles. The number of aliphatic hydroxyl groups excluding tert-OH is 1. The second-order valence-corrected chi connectivity index (χ2v) is 10.1. The maximum atomic E-state index is 9.63. The Labute approximate surface area is 212 Å². The van der Waals surface area contributed by atoms with E-state index in [1.807, 2.05) is 27.7 Å². The van der Waals surface area contributed by atoms with Gasteiger partial charge in [0.1, 0.15) is 0 Å². The van der Waals surface area contributed by atoms with Crippen molar-refractivity contribution in [1.82, 2.24) is 5.32 Å². The molecule has 1 unspecified atom stereocenters. The number of allylic oxidation sites excluding steroid dienone is 10. The quantitative estimate of drug-likeness (QED) is 0.364. The van der Waals surface area contributed by atoms with Crippen LogP contribution in [0.15, 0.2) is 71.0 Å². The average Bonchev–Trinajstić information content (AvgIpc) is 2.80. The largest absolute Gasteiger partial charge is 0.393 e. The SMILES string of the molecule is C=C(/C=C(C)/C=C/C=C(C)/C=C/C1=C(C)C(C)CCC1(C)C)NC1CCC(O)CC1.CC.CC. The number of aliphatic hydroxyl groups is 1. The Hall–Kier alpha value is -1.80. The highest BCUT2D eigenvalue weighted by atomic mass is 16.3. The van der Waals surface area contributed by atoms with E-state index in [1.54, 1.807) is 5.57 Å². The Morgan fingerprint density at radius 2 is 1.56 bits per heavy atom. The molecule has 2 rings (SSSR count). The van der Waals surface area contributed by atoms with Crippen molar-refractivity contribution < 1.29 is 5.11 Å². The van der Waals surface area contributed by atoms with Gasteiger partial charge in [0.25, 0.3) is 0 Å². The summed E-state index contributed by atoms with van der Waals surface area (Å²) in [5, 5.41) is 13.1. The summed E-state index contributed by atoms with van der Waals surface area (Å²) in [6, 6.07) is 0.436. The Kier molecular flexibility index (Phi) is 15.9. The Bertz CT molecular complexity index is 752. The van der Waals surface area contributed by atoms with E-state index >= 15 is 0 Å². The lowest BCUT2D eigenvalue weighted by atomic mass is 9.69. The normalized spacial score (nSPS) is 25.4. The van der Waals surface area contributed by atoms with Crippen LogP contribution in [-0.2, 0) is 0 Å². The Morgan fingerprint density at radius 3 is 2.15 bits per heavy atom. The van der Waals surface area contributed by atoms with Crippen LogP contribution in [0.4, 0.5) is 0 Å². The molecule has 2 N–H and O–H groups in total. The van der Waals surface area contributed by atoms with Crippen molar-refractivity contribution in [2.75, 3.05) is 0 Å². The summed E-state index contributed by atoms with van der Waals surface area (Å²) < 4.78 is 0. The van der Waals surface area contributed by atoms with Gasteiger partial charge in [-0.15, -0.1) is 0 Å². The van der Waals surface area contributed by atoms with E-state index in [2.05, 4.69) is 89.9 Å². The minimum absolute atomic E-state index is 0.117. The lowest BCUT2D eigenvalue weighted by molar-refractivity contribution is 0.119. The molecule has 1 atom stereocenters. The minimum Gasteiger partial charge on any atom is -0.393 e. The number of rotatable bonds is 7.